The molecule has 164 valence electrons. The lowest BCUT2D eigenvalue weighted by atomic mass is 9.93. The van der Waals surface area contributed by atoms with Crippen LogP contribution in [0.1, 0.15) is 67.8 Å². The van der Waals surface area contributed by atoms with Gasteiger partial charge in [-0.3, -0.25) is 4.79 Å². The molecule has 7 heteroatoms. The number of hydrogen-bond donors (Lipinski definition) is 2. The summed E-state index contributed by atoms with van der Waals surface area (Å²) >= 11 is 0. The highest BCUT2D eigenvalue weighted by atomic mass is 19.2. The molecular formula is C23H27F4NO2. The molecule has 3 rings (SSSR count). The van der Waals surface area contributed by atoms with E-state index < -0.39 is 40.5 Å². The van der Waals surface area contributed by atoms with Gasteiger partial charge in [-0.25, -0.2) is 8.78 Å². The third-order valence-electron chi connectivity index (χ3n) is 5.16. The Kier molecular flexibility index (Phi) is 9.15. The van der Waals surface area contributed by atoms with E-state index in [1.807, 2.05) is 0 Å². The van der Waals surface area contributed by atoms with E-state index in [1.165, 1.54) is 44.9 Å². The molecule has 0 spiro atoms. The monoisotopic (exact) mass is 425 g/mol. The molecule has 1 aliphatic carbocycles. The van der Waals surface area contributed by atoms with Crippen molar-refractivity contribution >= 4 is 5.91 Å². The standard InChI is InChI=1S/C14H9F4NO2.C9H18/c15-9-8(10(16)12(18)13(20)11(9)17)14(21)19-6-7-4-2-1-3-5-7;1-9-7-5-3-2-4-6-8-9/h1-5,20H,6H2,(H,19,21);9H,2-8H2,1H3. The quantitative estimate of drug-likeness (QED) is 0.451. The maximum atomic E-state index is 13.5. The first-order chi connectivity index (χ1) is 14.3. The van der Waals surface area contributed by atoms with Crippen LogP contribution in [0.15, 0.2) is 30.3 Å². The summed E-state index contributed by atoms with van der Waals surface area (Å²) in [5, 5.41) is 11.0. The topological polar surface area (TPSA) is 49.3 Å². The smallest absolute Gasteiger partial charge is 0.257 e. The predicted molar refractivity (Wildman–Crippen MR) is 107 cm³/mol. The highest BCUT2D eigenvalue weighted by Crippen LogP contribution is 2.28. The second-order valence-electron chi connectivity index (χ2n) is 7.60. The molecule has 0 radical (unpaired) electrons. The van der Waals surface area contributed by atoms with Crippen LogP contribution in [0.5, 0.6) is 5.75 Å². The van der Waals surface area contributed by atoms with Crippen LogP contribution in [0.3, 0.4) is 0 Å². The summed E-state index contributed by atoms with van der Waals surface area (Å²) in [6, 6.07) is 8.39. The molecule has 2 N–H and O–H groups in total. The summed E-state index contributed by atoms with van der Waals surface area (Å²) in [4.78, 5) is 11.7. The van der Waals surface area contributed by atoms with Crippen molar-refractivity contribution in [3.8, 4) is 5.75 Å². The molecule has 0 atom stereocenters. The maximum absolute atomic E-state index is 13.5. The van der Waals surface area contributed by atoms with Crippen LogP contribution in [0.2, 0.25) is 0 Å². The van der Waals surface area contributed by atoms with Crippen molar-refractivity contribution in [2.75, 3.05) is 0 Å². The summed E-state index contributed by atoms with van der Waals surface area (Å²) in [5.74, 6) is -10.0. The number of rotatable bonds is 3. The molecular weight excluding hydrogens is 398 g/mol. The molecule has 3 nitrogen and oxygen atoms in total. The molecule has 0 bridgehead atoms. The third-order valence-corrected chi connectivity index (χ3v) is 5.16. The largest absolute Gasteiger partial charge is 0.503 e. The highest BCUT2D eigenvalue weighted by Gasteiger charge is 2.29. The van der Waals surface area contributed by atoms with Crippen molar-refractivity contribution < 1.29 is 27.5 Å². The zero-order valence-electron chi connectivity index (χ0n) is 17.0. The van der Waals surface area contributed by atoms with Crippen LogP contribution in [-0.2, 0) is 6.54 Å². The maximum Gasteiger partial charge on any atom is 0.257 e. The van der Waals surface area contributed by atoms with E-state index in [-0.39, 0.29) is 6.54 Å². The fourth-order valence-corrected chi connectivity index (χ4v) is 3.35. The normalized spacial score (nSPS) is 14.8. The summed E-state index contributed by atoms with van der Waals surface area (Å²) in [6.07, 6.45) is 10.4. The second kappa shape index (κ2) is 11.6. The zero-order valence-corrected chi connectivity index (χ0v) is 17.0. The van der Waals surface area contributed by atoms with Gasteiger partial charge in [0.2, 0.25) is 11.6 Å². The van der Waals surface area contributed by atoms with Crippen LogP contribution in [0, 0.1) is 29.2 Å². The van der Waals surface area contributed by atoms with Crippen molar-refractivity contribution in [1.82, 2.24) is 5.32 Å². The fourth-order valence-electron chi connectivity index (χ4n) is 3.35. The molecule has 1 aliphatic rings. The van der Waals surface area contributed by atoms with Gasteiger partial charge in [0, 0.05) is 6.54 Å². The van der Waals surface area contributed by atoms with Gasteiger partial charge in [0.25, 0.3) is 5.91 Å². The van der Waals surface area contributed by atoms with E-state index in [2.05, 4.69) is 12.2 Å². The molecule has 0 saturated heterocycles. The molecule has 0 unspecified atom stereocenters. The number of aromatic hydroxyl groups is 1. The van der Waals surface area contributed by atoms with Crippen LogP contribution in [-0.4, -0.2) is 11.0 Å². The first kappa shape index (κ1) is 23.7. The van der Waals surface area contributed by atoms with Gasteiger partial charge in [0.1, 0.15) is 5.56 Å². The fraction of sp³-hybridized carbons (Fsp3) is 0.435. The highest BCUT2D eigenvalue weighted by molar-refractivity contribution is 5.95. The van der Waals surface area contributed by atoms with E-state index in [0.29, 0.717) is 5.56 Å². The number of amides is 1. The predicted octanol–water partition coefficient (Wildman–Crippen LogP) is 6.25. The van der Waals surface area contributed by atoms with E-state index in [0.717, 1.165) is 5.92 Å². The average Bonchev–Trinajstić information content (AvgIpc) is 2.73. The molecule has 1 saturated carbocycles. The minimum Gasteiger partial charge on any atom is -0.503 e. The number of carbonyl (C=O) groups excluding carboxylic acids is 1. The first-order valence-electron chi connectivity index (χ1n) is 10.2. The Morgan fingerprint density at radius 2 is 1.40 bits per heavy atom. The van der Waals surface area contributed by atoms with E-state index >= 15 is 0 Å². The summed E-state index contributed by atoms with van der Waals surface area (Å²) in [6.45, 7) is 2.31. The van der Waals surface area contributed by atoms with E-state index in [9.17, 15) is 22.4 Å². The van der Waals surface area contributed by atoms with Crippen LogP contribution in [0.4, 0.5) is 17.6 Å². The number of phenols is 1. The number of halogens is 4. The molecule has 2 aromatic carbocycles. The van der Waals surface area contributed by atoms with Crippen molar-refractivity contribution in [2.45, 2.75) is 58.4 Å². The Balaban J connectivity index is 0.000000297. The minimum absolute atomic E-state index is 0.0807. The Bertz CT molecular complexity index is 806. The molecule has 1 fully saturated rings. The van der Waals surface area contributed by atoms with Gasteiger partial charge in [-0.15, -0.1) is 0 Å². The number of phenolic OH excluding ortho intramolecular Hbond substituents is 1. The van der Waals surface area contributed by atoms with E-state index in [4.69, 9.17) is 5.11 Å². The zero-order chi connectivity index (χ0) is 22.1. The Morgan fingerprint density at radius 3 is 1.93 bits per heavy atom. The molecule has 2 aromatic rings. The van der Waals surface area contributed by atoms with Gasteiger partial charge in [-0.05, 0) is 11.5 Å². The van der Waals surface area contributed by atoms with Gasteiger partial charge in [-0.2, -0.15) is 8.78 Å². The molecule has 1 amide bonds. The Labute approximate surface area is 174 Å². The number of carbonyl (C=O) groups is 1. The van der Waals surface area contributed by atoms with Crippen molar-refractivity contribution in [1.29, 1.82) is 0 Å². The van der Waals surface area contributed by atoms with Gasteiger partial charge < -0.3 is 10.4 Å². The Hall–Kier alpha value is -2.57. The summed E-state index contributed by atoms with van der Waals surface area (Å²) in [5.41, 5.74) is -0.787. The lowest BCUT2D eigenvalue weighted by Gasteiger charge is -2.13. The van der Waals surface area contributed by atoms with Crippen molar-refractivity contribution in [3.05, 3.63) is 64.7 Å². The second-order valence-corrected chi connectivity index (χ2v) is 7.60. The summed E-state index contributed by atoms with van der Waals surface area (Å²) < 4.78 is 53.2. The van der Waals surface area contributed by atoms with Gasteiger partial charge >= 0.3 is 0 Å². The number of hydrogen-bond acceptors (Lipinski definition) is 2. The molecule has 30 heavy (non-hydrogen) atoms. The lowest BCUT2D eigenvalue weighted by molar-refractivity contribution is 0.0939. The van der Waals surface area contributed by atoms with Gasteiger partial charge in [-0.1, -0.05) is 82.2 Å². The lowest BCUT2D eigenvalue weighted by Crippen LogP contribution is -2.26. The summed E-state index contributed by atoms with van der Waals surface area (Å²) in [7, 11) is 0. The van der Waals surface area contributed by atoms with Crippen LogP contribution >= 0.6 is 0 Å². The van der Waals surface area contributed by atoms with E-state index in [1.54, 1.807) is 30.3 Å². The van der Waals surface area contributed by atoms with Crippen LogP contribution in [0.25, 0.3) is 0 Å². The minimum atomic E-state index is -2.02. The molecule has 0 heterocycles. The third kappa shape index (κ3) is 6.47. The van der Waals surface area contributed by atoms with Crippen molar-refractivity contribution in [2.24, 2.45) is 5.92 Å². The number of benzene rings is 2. The van der Waals surface area contributed by atoms with Crippen LogP contribution < -0.4 is 5.32 Å². The molecule has 0 aromatic heterocycles. The van der Waals surface area contributed by atoms with Gasteiger partial charge in [0.05, 0.1) is 0 Å². The number of nitrogens with one attached hydrogen (secondary N) is 1. The van der Waals surface area contributed by atoms with Crippen molar-refractivity contribution in [3.63, 3.8) is 0 Å². The Morgan fingerprint density at radius 1 is 0.900 bits per heavy atom. The first-order valence-corrected chi connectivity index (χ1v) is 10.2. The SMILES string of the molecule is CC1CCCCCCC1.O=C(NCc1ccccc1)c1c(F)c(F)c(O)c(F)c1F. The average molecular weight is 425 g/mol. The van der Waals surface area contributed by atoms with Gasteiger partial charge in [0.15, 0.2) is 17.4 Å². The molecule has 0 aliphatic heterocycles.